The largest absolute Gasteiger partial charge is 0.371 e. The number of amides is 2. The van der Waals surface area contributed by atoms with Crippen LogP contribution in [0.25, 0.3) is 0 Å². The lowest BCUT2D eigenvalue weighted by Crippen LogP contribution is -2.42. The third-order valence-corrected chi connectivity index (χ3v) is 6.66. The van der Waals surface area contributed by atoms with Crippen molar-refractivity contribution < 1.29 is 19.1 Å². The van der Waals surface area contributed by atoms with E-state index in [2.05, 4.69) is 15.5 Å². The summed E-state index contributed by atoms with van der Waals surface area (Å²) in [5.74, 6) is 1.09. The predicted molar refractivity (Wildman–Crippen MR) is 108 cm³/mol. The lowest BCUT2D eigenvalue weighted by atomic mass is 10.1. The van der Waals surface area contributed by atoms with Gasteiger partial charge in [0.15, 0.2) is 0 Å². The summed E-state index contributed by atoms with van der Waals surface area (Å²) < 4.78 is 13.9. The van der Waals surface area contributed by atoms with Crippen molar-refractivity contribution in [2.75, 3.05) is 26.3 Å². The second-order valence-corrected chi connectivity index (χ2v) is 8.85. The Morgan fingerprint density at radius 1 is 1.17 bits per heavy atom. The number of carbonyl (C=O) groups is 2. The summed E-state index contributed by atoms with van der Waals surface area (Å²) in [5, 5.41) is 15.2. The molecule has 2 saturated heterocycles. The predicted octanol–water partition coefficient (Wildman–Crippen LogP) is 0.643. The molecule has 0 aromatic carbocycles. The number of nitrogens with one attached hydrogen (secondary N) is 1. The molecule has 5 rings (SSSR count). The van der Waals surface area contributed by atoms with E-state index in [4.69, 9.17) is 9.47 Å². The molecule has 1 N–H and O–H groups in total. The number of ether oxygens (including phenoxy) is 2. The molecule has 3 aliphatic heterocycles. The van der Waals surface area contributed by atoms with Crippen molar-refractivity contribution in [1.82, 2.24) is 25.0 Å². The van der Waals surface area contributed by atoms with E-state index in [0.717, 1.165) is 37.2 Å². The topological polar surface area (TPSA) is 98.6 Å². The lowest BCUT2D eigenvalue weighted by molar-refractivity contribution is -0.130. The first-order valence-corrected chi connectivity index (χ1v) is 11.4. The monoisotopic (exact) mass is 431 g/mol. The molecule has 160 valence electrons. The van der Waals surface area contributed by atoms with Crippen LogP contribution in [-0.4, -0.2) is 76.0 Å². The number of hydrogen-bond donors (Lipinski definition) is 1. The molecule has 0 bridgehead atoms. The number of likely N-dealkylation sites (tertiary alicyclic amines) is 1. The van der Waals surface area contributed by atoms with Crippen molar-refractivity contribution in [1.29, 1.82) is 0 Å². The van der Waals surface area contributed by atoms with Crippen molar-refractivity contribution in [2.45, 2.75) is 50.5 Å². The van der Waals surface area contributed by atoms with Gasteiger partial charge in [0.1, 0.15) is 18.0 Å². The molecule has 2 atom stereocenters. The van der Waals surface area contributed by atoms with Crippen LogP contribution in [0.4, 0.5) is 0 Å². The number of thiophene rings is 1. The van der Waals surface area contributed by atoms with Crippen molar-refractivity contribution in [3.63, 3.8) is 0 Å². The summed E-state index contributed by atoms with van der Waals surface area (Å²) in [6, 6.07) is 1.72. The van der Waals surface area contributed by atoms with Gasteiger partial charge in [-0.25, -0.2) is 0 Å². The van der Waals surface area contributed by atoms with Crippen molar-refractivity contribution in [2.24, 2.45) is 0 Å². The minimum absolute atomic E-state index is 0.0927. The molecule has 2 amide bonds. The Labute approximate surface area is 178 Å². The number of nitrogens with zero attached hydrogens (tertiary/aromatic N) is 4. The first-order valence-electron chi connectivity index (χ1n) is 10.4. The molecule has 0 radical (unpaired) electrons. The Morgan fingerprint density at radius 2 is 1.97 bits per heavy atom. The van der Waals surface area contributed by atoms with Crippen LogP contribution in [0.5, 0.6) is 0 Å². The van der Waals surface area contributed by atoms with Gasteiger partial charge in [0, 0.05) is 26.1 Å². The fraction of sp³-hybridized carbons (Fsp3) is 0.600. The fourth-order valence-corrected chi connectivity index (χ4v) is 4.95. The zero-order chi connectivity index (χ0) is 20.5. The van der Waals surface area contributed by atoms with Crippen LogP contribution < -0.4 is 5.32 Å². The molecule has 0 aliphatic carbocycles. The maximum atomic E-state index is 12.7. The normalized spacial score (nSPS) is 24.2. The summed E-state index contributed by atoms with van der Waals surface area (Å²) in [4.78, 5) is 27.1. The van der Waals surface area contributed by atoms with Gasteiger partial charge in [0.05, 0.1) is 25.7 Å². The third kappa shape index (κ3) is 3.99. The van der Waals surface area contributed by atoms with E-state index in [1.165, 1.54) is 0 Å². The quantitative estimate of drug-likeness (QED) is 0.763. The summed E-state index contributed by atoms with van der Waals surface area (Å²) in [5.41, 5.74) is 1.04. The zero-order valence-corrected chi connectivity index (χ0v) is 17.5. The maximum absolute atomic E-state index is 12.7. The van der Waals surface area contributed by atoms with E-state index in [1.807, 2.05) is 26.3 Å². The number of hydrogen-bond acceptors (Lipinski definition) is 7. The minimum Gasteiger partial charge on any atom is -0.371 e. The zero-order valence-electron chi connectivity index (χ0n) is 16.7. The van der Waals surface area contributed by atoms with E-state index in [9.17, 15) is 9.59 Å². The second-order valence-electron chi connectivity index (χ2n) is 8.07. The van der Waals surface area contributed by atoms with E-state index < -0.39 is 0 Å². The van der Waals surface area contributed by atoms with Gasteiger partial charge in [-0.15, -0.1) is 10.2 Å². The Bertz CT molecular complexity index is 898. The van der Waals surface area contributed by atoms with Crippen LogP contribution >= 0.6 is 11.3 Å². The Balaban J connectivity index is 1.15. The average molecular weight is 432 g/mol. The molecule has 2 aromatic heterocycles. The van der Waals surface area contributed by atoms with Crippen molar-refractivity contribution in [3.8, 4) is 0 Å². The second kappa shape index (κ2) is 8.44. The summed E-state index contributed by atoms with van der Waals surface area (Å²) in [6.45, 7) is 2.51. The highest BCUT2D eigenvalue weighted by molar-refractivity contribution is 7.08. The highest BCUT2D eigenvalue weighted by Gasteiger charge is 2.39. The number of fused-ring (bicyclic) bond motifs is 2. The molecule has 5 heterocycles. The maximum Gasteiger partial charge on any atom is 0.289 e. The van der Waals surface area contributed by atoms with Gasteiger partial charge >= 0.3 is 0 Å². The number of aryl methyl sites for hydroxylation is 1. The van der Waals surface area contributed by atoms with Crippen LogP contribution in [0.1, 0.15) is 34.8 Å². The Morgan fingerprint density at radius 3 is 2.70 bits per heavy atom. The molecule has 10 heteroatoms. The van der Waals surface area contributed by atoms with Crippen molar-refractivity contribution in [3.05, 3.63) is 34.0 Å². The summed E-state index contributed by atoms with van der Waals surface area (Å²) in [7, 11) is 0. The average Bonchev–Trinajstić information content (AvgIpc) is 3.47. The molecule has 0 spiro atoms. The molecule has 30 heavy (non-hydrogen) atoms. The van der Waals surface area contributed by atoms with E-state index >= 15 is 0 Å². The summed E-state index contributed by atoms with van der Waals surface area (Å²) >= 11 is 1.59. The molecular formula is C20H25N5O4S. The molecule has 0 unspecified atom stereocenters. The standard InChI is InChI=1S/C20H25N5O4S/c26-18(7-13-4-6-30-12-13)24-8-15-16(9-24)29-11-14(10-28-15)21-20(27)19-23-22-17-3-1-2-5-25(17)19/h4,6,12,14-16H,1-3,5,7-11H2,(H,21,27)/t15-,16-/m0/s1. The van der Waals surface area contributed by atoms with Gasteiger partial charge in [-0.1, -0.05) is 0 Å². The van der Waals surface area contributed by atoms with Crippen LogP contribution in [0.3, 0.4) is 0 Å². The van der Waals surface area contributed by atoms with Crippen LogP contribution in [-0.2, 0) is 33.7 Å². The highest BCUT2D eigenvalue weighted by Crippen LogP contribution is 2.22. The Kier molecular flexibility index (Phi) is 5.53. The first-order chi connectivity index (χ1) is 14.7. The Hall–Kier alpha value is -2.30. The molecule has 3 aliphatic rings. The van der Waals surface area contributed by atoms with Gasteiger partial charge in [0.25, 0.3) is 5.91 Å². The summed E-state index contributed by atoms with van der Waals surface area (Å²) in [6.07, 6.45) is 3.05. The van der Waals surface area contributed by atoms with Crippen LogP contribution in [0.2, 0.25) is 0 Å². The first kappa shape index (κ1) is 19.7. The van der Waals surface area contributed by atoms with Gasteiger partial charge in [-0.05, 0) is 35.2 Å². The molecule has 0 saturated carbocycles. The van der Waals surface area contributed by atoms with Gasteiger partial charge in [-0.2, -0.15) is 11.3 Å². The fourth-order valence-electron chi connectivity index (χ4n) is 4.28. The highest BCUT2D eigenvalue weighted by atomic mass is 32.1. The number of aromatic nitrogens is 3. The third-order valence-electron chi connectivity index (χ3n) is 5.92. The SMILES string of the molecule is O=C(NC1CO[C@H]2CN(C(=O)Cc3ccsc3)C[C@@H]2OC1)c1nnc2n1CCCC2. The lowest BCUT2D eigenvalue weighted by Gasteiger charge is -2.20. The van der Waals surface area contributed by atoms with Gasteiger partial charge in [-0.3, -0.25) is 9.59 Å². The molecular weight excluding hydrogens is 406 g/mol. The number of carbonyl (C=O) groups excluding carboxylic acids is 2. The van der Waals surface area contributed by atoms with Crippen molar-refractivity contribution >= 4 is 23.2 Å². The smallest absolute Gasteiger partial charge is 0.289 e. The minimum atomic E-state index is -0.255. The van der Waals surface area contributed by atoms with E-state index in [-0.39, 0.29) is 30.1 Å². The molecule has 2 aromatic rings. The van der Waals surface area contributed by atoms with Crippen LogP contribution in [0, 0.1) is 0 Å². The van der Waals surface area contributed by atoms with E-state index in [0.29, 0.717) is 38.5 Å². The van der Waals surface area contributed by atoms with Gasteiger partial charge in [0.2, 0.25) is 11.7 Å². The van der Waals surface area contributed by atoms with Crippen LogP contribution in [0.15, 0.2) is 16.8 Å². The number of rotatable bonds is 4. The van der Waals surface area contributed by atoms with Gasteiger partial charge < -0.3 is 24.3 Å². The molecule has 2 fully saturated rings. The molecule has 9 nitrogen and oxygen atoms in total. The van der Waals surface area contributed by atoms with E-state index in [1.54, 1.807) is 11.3 Å².